The van der Waals surface area contributed by atoms with Crippen molar-refractivity contribution in [2.45, 2.75) is 25.7 Å². The van der Waals surface area contributed by atoms with Crippen molar-refractivity contribution in [2.24, 2.45) is 0 Å². The standard InChI is InChI=1S/C11H17NO2/c1-3-10(13)8-6-5-7-9-12-11(14)4-2/h3-4H,1-2,5-9H2,(H,12,14). The van der Waals surface area contributed by atoms with E-state index in [0.29, 0.717) is 13.0 Å². The first-order chi connectivity index (χ1) is 6.70. The van der Waals surface area contributed by atoms with E-state index < -0.39 is 0 Å². The maximum absolute atomic E-state index is 10.8. The van der Waals surface area contributed by atoms with Crippen molar-refractivity contribution in [1.29, 1.82) is 0 Å². The van der Waals surface area contributed by atoms with E-state index in [1.54, 1.807) is 0 Å². The number of carbonyl (C=O) groups is 2. The number of rotatable bonds is 8. The quantitative estimate of drug-likeness (QED) is 0.472. The molecule has 0 aromatic rings. The van der Waals surface area contributed by atoms with Gasteiger partial charge >= 0.3 is 0 Å². The predicted molar refractivity (Wildman–Crippen MR) is 56.9 cm³/mol. The zero-order valence-corrected chi connectivity index (χ0v) is 8.42. The van der Waals surface area contributed by atoms with Crippen LogP contribution in [-0.2, 0) is 9.59 Å². The van der Waals surface area contributed by atoms with Gasteiger partial charge in [0, 0.05) is 13.0 Å². The highest BCUT2D eigenvalue weighted by Crippen LogP contribution is 1.99. The molecule has 0 atom stereocenters. The Balaban J connectivity index is 3.21. The van der Waals surface area contributed by atoms with Crippen molar-refractivity contribution >= 4 is 11.7 Å². The number of unbranched alkanes of at least 4 members (excludes halogenated alkanes) is 2. The van der Waals surface area contributed by atoms with Gasteiger partial charge in [-0.15, -0.1) is 0 Å². The van der Waals surface area contributed by atoms with E-state index in [0.717, 1.165) is 19.3 Å². The highest BCUT2D eigenvalue weighted by molar-refractivity contribution is 5.88. The Morgan fingerprint density at radius 2 is 1.79 bits per heavy atom. The van der Waals surface area contributed by atoms with Gasteiger partial charge in [0.1, 0.15) is 0 Å². The summed E-state index contributed by atoms with van der Waals surface area (Å²) in [6.07, 6.45) is 5.84. The zero-order valence-electron chi connectivity index (χ0n) is 8.42. The molecule has 1 amide bonds. The highest BCUT2D eigenvalue weighted by atomic mass is 16.1. The van der Waals surface area contributed by atoms with E-state index in [-0.39, 0.29) is 11.7 Å². The lowest BCUT2D eigenvalue weighted by Gasteiger charge is -2.01. The monoisotopic (exact) mass is 195 g/mol. The van der Waals surface area contributed by atoms with Gasteiger partial charge in [0.2, 0.25) is 5.91 Å². The second-order valence-corrected chi connectivity index (χ2v) is 2.98. The summed E-state index contributed by atoms with van der Waals surface area (Å²) in [6.45, 7) is 7.38. The molecule has 0 saturated heterocycles. The summed E-state index contributed by atoms with van der Waals surface area (Å²) >= 11 is 0. The Morgan fingerprint density at radius 3 is 2.36 bits per heavy atom. The van der Waals surface area contributed by atoms with Crippen molar-refractivity contribution < 1.29 is 9.59 Å². The summed E-state index contributed by atoms with van der Waals surface area (Å²) in [7, 11) is 0. The van der Waals surface area contributed by atoms with Crippen LogP contribution in [0.3, 0.4) is 0 Å². The SMILES string of the molecule is C=CC(=O)CCCCCNC(=O)C=C. The van der Waals surface area contributed by atoms with Crippen LogP contribution in [-0.4, -0.2) is 18.2 Å². The van der Waals surface area contributed by atoms with Crippen LogP contribution in [0.4, 0.5) is 0 Å². The van der Waals surface area contributed by atoms with E-state index in [9.17, 15) is 9.59 Å². The lowest BCUT2D eigenvalue weighted by atomic mass is 10.1. The van der Waals surface area contributed by atoms with E-state index >= 15 is 0 Å². The van der Waals surface area contributed by atoms with Crippen LogP contribution in [0, 0.1) is 0 Å². The molecule has 3 nitrogen and oxygen atoms in total. The van der Waals surface area contributed by atoms with E-state index in [4.69, 9.17) is 0 Å². The lowest BCUT2D eigenvalue weighted by Crippen LogP contribution is -2.21. The molecule has 78 valence electrons. The molecule has 0 unspecified atom stereocenters. The molecule has 0 aliphatic heterocycles. The minimum Gasteiger partial charge on any atom is -0.353 e. The van der Waals surface area contributed by atoms with Crippen LogP contribution in [0.2, 0.25) is 0 Å². The van der Waals surface area contributed by atoms with Gasteiger partial charge in [-0.1, -0.05) is 19.6 Å². The van der Waals surface area contributed by atoms with Crippen molar-refractivity contribution in [3.05, 3.63) is 25.3 Å². The zero-order chi connectivity index (χ0) is 10.8. The third kappa shape index (κ3) is 7.28. The van der Waals surface area contributed by atoms with Crippen LogP contribution in [0.15, 0.2) is 25.3 Å². The number of hydrogen-bond donors (Lipinski definition) is 1. The van der Waals surface area contributed by atoms with Crippen LogP contribution in [0.25, 0.3) is 0 Å². The third-order valence-corrected chi connectivity index (χ3v) is 1.81. The Kier molecular flexibility index (Phi) is 7.42. The van der Waals surface area contributed by atoms with Gasteiger partial charge in [0.05, 0.1) is 0 Å². The molecule has 0 rings (SSSR count). The maximum atomic E-state index is 10.8. The van der Waals surface area contributed by atoms with E-state index in [2.05, 4.69) is 18.5 Å². The molecule has 0 radical (unpaired) electrons. The third-order valence-electron chi connectivity index (χ3n) is 1.81. The Labute approximate surface area is 84.9 Å². The largest absolute Gasteiger partial charge is 0.353 e. The minimum absolute atomic E-state index is 0.0835. The van der Waals surface area contributed by atoms with Crippen molar-refractivity contribution in [2.75, 3.05) is 6.54 Å². The summed E-state index contributed by atoms with van der Waals surface area (Å²) in [5.41, 5.74) is 0. The maximum Gasteiger partial charge on any atom is 0.243 e. The Morgan fingerprint density at radius 1 is 1.07 bits per heavy atom. The molecule has 0 fully saturated rings. The second-order valence-electron chi connectivity index (χ2n) is 2.98. The van der Waals surface area contributed by atoms with Gasteiger partial charge in [-0.05, 0) is 25.0 Å². The molecule has 0 aromatic carbocycles. The molecule has 0 aliphatic carbocycles. The molecule has 0 bridgehead atoms. The molecular formula is C11H17NO2. The topological polar surface area (TPSA) is 46.2 Å². The van der Waals surface area contributed by atoms with Gasteiger partial charge in [0.25, 0.3) is 0 Å². The summed E-state index contributed by atoms with van der Waals surface area (Å²) in [5.74, 6) is -0.0627. The average molecular weight is 195 g/mol. The summed E-state index contributed by atoms with van der Waals surface area (Å²) in [6, 6.07) is 0. The summed E-state index contributed by atoms with van der Waals surface area (Å²) in [4.78, 5) is 21.5. The highest BCUT2D eigenvalue weighted by Gasteiger charge is 1.96. The first-order valence-electron chi connectivity index (χ1n) is 4.76. The number of hydrogen-bond acceptors (Lipinski definition) is 2. The molecule has 1 N–H and O–H groups in total. The van der Waals surface area contributed by atoms with Gasteiger partial charge < -0.3 is 5.32 Å². The van der Waals surface area contributed by atoms with Crippen molar-refractivity contribution in [3.63, 3.8) is 0 Å². The predicted octanol–water partition coefficient (Wildman–Crippen LogP) is 1.60. The smallest absolute Gasteiger partial charge is 0.243 e. The van der Waals surface area contributed by atoms with Gasteiger partial charge in [0.15, 0.2) is 5.78 Å². The number of amides is 1. The van der Waals surface area contributed by atoms with Crippen molar-refractivity contribution in [3.8, 4) is 0 Å². The molecule has 0 heterocycles. The van der Waals surface area contributed by atoms with Crippen LogP contribution in [0.5, 0.6) is 0 Å². The number of nitrogens with one attached hydrogen (secondary N) is 1. The van der Waals surface area contributed by atoms with Gasteiger partial charge in [-0.2, -0.15) is 0 Å². The van der Waals surface area contributed by atoms with Gasteiger partial charge in [-0.3, -0.25) is 9.59 Å². The first-order valence-corrected chi connectivity index (χ1v) is 4.76. The second kappa shape index (κ2) is 8.23. The number of allylic oxidation sites excluding steroid dienone is 1. The molecule has 0 spiro atoms. The summed E-state index contributed by atoms with van der Waals surface area (Å²) in [5, 5.41) is 2.67. The van der Waals surface area contributed by atoms with E-state index in [1.165, 1.54) is 12.2 Å². The lowest BCUT2D eigenvalue weighted by molar-refractivity contribution is -0.116. The molecule has 0 saturated carbocycles. The van der Waals surface area contributed by atoms with E-state index in [1.807, 2.05) is 0 Å². The molecule has 0 aliphatic rings. The normalized spacial score (nSPS) is 9.14. The fourth-order valence-corrected chi connectivity index (χ4v) is 0.987. The number of carbonyl (C=O) groups excluding carboxylic acids is 2. The van der Waals surface area contributed by atoms with Crippen LogP contribution >= 0.6 is 0 Å². The average Bonchev–Trinajstić information content (AvgIpc) is 2.22. The van der Waals surface area contributed by atoms with Crippen molar-refractivity contribution in [1.82, 2.24) is 5.32 Å². The fourth-order valence-electron chi connectivity index (χ4n) is 0.987. The number of ketones is 1. The first kappa shape index (κ1) is 12.6. The fraction of sp³-hybridized carbons (Fsp3) is 0.455. The molecule has 14 heavy (non-hydrogen) atoms. The molecule has 0 aromatic heterocycles. The van der Waals surface area contributed by atoms with Gasteiger partial charge in [-0.25, -0.2) is 0 Å². The molecule has 3 heteroatoms. The van der Waals surface area contributed by atoms with Crippen LogP contribution in [0.1, 0.15) is 25.7 Å². The van der Waals surface area contributed by atoms with Crippen LogP contribution < -0.4 is 5.32 Å². The Hall–Kier alpha value is -1.38. The Bertz CT molecular complexity index is 197. The minimum atomic E-state index is -0.146. The molecular weight excluding hydrogens is 178 g/mol. The summed E-state index contributed by atoms with van der Waals surface area (Å²) < 4.78 is 0.